The predicted molar refractivity (Wildman–Crippen MR) is 111 cm³/mol. The van der Waals surface area contributed by atoms with Crippen LogP contribution in [0, 0.1) is 5.82 Å². The number of benzene rings is 1. The van der Waals surface area contributed by atoms with Crippen LogP contribution >= 0.6 is 23.4 Å². The fourth-order valence-corrected chi connectivity index (χ4v) is 5.14. The molecule has 1 aliphatic carbocycles. The fourth-order valence-electron chi connectivity index (χ4n) is 3.88. The van der Waals surface area contributed by atoms with Gasteiger partial charge in [0, 0.05) is 18.2 Å². The highest BCUT2D eigenvalue weighted by Crippen LogP contribution is 2.50. The van der Waals surface area contributed by atoms with Crippen LogP contribution in [0.3, 0.4) is 0 Å². The zero-order valence-electron chi connectivity index (χ0n) is 15.3. The molecule has 2 heterocycles. The summed E-state index contributed by atoms with van der Waals surface area (Å²) in [6.07, 6.45) is 4.42. The molecule has 2 aromatic rings. The van der Waals surface area contributed by atoms with E-state index in [0.717, 1.165) is 24.8 Å². The molecule has 0 fully saturated rings. The summed E-state index contributed by atoms with van der Waals surface area (Å²) in [5.74, 6) is -0.493. The maximum Gasteiger partial charge on any atom is 0.185 e. The molecule has 1 aromatic heterocycles. The van der Waals surface area contributed by atoms with Gasteiger partial charge in [-0.2, -0.15) is 0 Å². The maximum atomic E-state index is 14.8. The summed E-state index contributed by atoms with van der Waals surface area (Å²) in [6.45, 7) is 1.91. The van der Waals surface area contributed by atoms with Crippen molar-refractivity contribution in [2.45, 2.75) is 38.1 Å². The van der Waals surface area contributed by atoms with Gasteiger partial charge in [0.1, 0.15) is 17.1 Å². The minimum atomic E-state index is -0.831. The first-order valence-corrected chi connectivity index (χ1v) is 10.3. The van der Waals surface area contributed by atoms with Gasteiger partial charge in [0.25, 0.3) is 0 Å². The van der Waals surface area contributed by atoms with E-state index in [1.165, 1.54) is 28.9 Å². The van der Waals surface area contributed by atoms with E-state index in [9.17, 15) is 9.18 Å². The quantitative estimate of drug-likeness (QED) is 0.712. The van der Waals surface area contributed by atoms with Crippen LogP contribution in [-0.2, 0) is 12.0 Å². The summed E-state index contributed by atoms with van der Waals surface area (Å²) < 4.78 is 14.8. The second kappa shape index (κ2) is 7.33. The van der Waals surface area contributed by atoms with Gasteiger partial charge in [-0.05, 0) is 66.5 Å². The second-order valence-corrected chi connectivity index (χ2v) is 8.71. The van der Waals surface area contributed by atoms with Gasteiger partial charge in [-0.3, -0.25) is 9.78 Å². The van der Waals surface area contributed by atoms with E-state index < -0.39 is 5.54 Å². The second-order valence-electron chi connectivity index (χ2n) is 7.16. The third-order valence-electron chi connectivity index (χ3n) is 5.25. The van der Waals surface area contributed by atoms with Crippen molar-refractivity contribution in [3.8, 4) is 0 Å². The highest BCUT2D eigenvalue weighted by molar-refractivity contribution is 8.17. The Morgan fingerprint density at radius 1 is 1.32 bits per heavy atom. The molecule has 1 atom stereocenters. The lowest BCUT2D eigenvalue weighted by atomic mass is 9.82. The number of Topliss-reactive ketones (excluding diaryl/α,β-unsaturated/α-hetero) is 1. The molecule has 0 saturated carbocycles. The Labute approximate surface area is 172 Å². The monoisotopic (exact) mass is 415 g/mol. The van der Waals surface area contributed by atoms with E-state index in [1.807, 2.05) is 6.92 Å². The summed E-state index contributed by atoms with van der Waals surface area (Å²) in [7, 11) is 0. The molecule has 2 N–H and O–H groups in total. The number of carbonyl (C=O) groups excluding carboxylic acids is 1. The number of aromatic nitrogens is 1. The molecule has 0 spiro atoms. The van der Waals surface area contributed by atoms with E-state index >= 15 is 0 Å². The normalized spacial score (nSPS) is 21.5. The Bertz CT molecular complexity index is 1020. The number of allylic oxidation sites excluding steroid dienone is 1. The van der Waals surface area contributed by atoms with E-state index in [0.29, 0.717) is 27.0 Å². The minimum Gasteiger partial charge on any atom is -0.378 e. The summed E-state index contributed by atoms with van der Waals surface area (Å²) in [6, 6.07) is 7.99. The predicted octanol–water partition coefficient (Wildman–Crippen LogP) is 5.01. The van der Waals surface area contributed by atoms with E-state index in [4.69, 9.17) is 17.3 Å². The van der Waals surface area contributed by atoms with Gasteiger partial charge < -0.3 is 5.73 Å². The first-order valence-electron chi connectivity index (χ1n) is 9.06. The number of pyridine rings is 1. The number of thioether (sulfide) groups is 1. The minimum absolute atomic E-state index is 0.123. The Morgan fingerprint density at radius 2 is 2.14 bits per heavy atom. The van der Waals surface area contributed by atoms with Gasteiger partial charge in [-0.15, -0.1) is 0 Å². The molecule has 0 radical (unpaired) electrons. The fraction of sp³-hybridized carbons (Fsp3) is 0.286. The van der Waals surface area contributed by atoms with E-state index in [-0.39, 0.29) is 18.0 Å². The summed E-state index contributed by atoms with van der Waals surface area (Å²) in [5.41, 5.74) is 7.85. The van der Waals surface area contributed by atoms with Crippen molar-refractivity contribution in [2.24, 2.45) is 10.7 Å². The van der Waals surface area contributed by atoms with Crippen molar-refractivity contribution in [1.29, 1.82) is 0 Å². The van der Waals surface area contributed by atoms with Crippen LogP contribution in [0.1, 0.15) is 47.8 Å². The van der Waals surface area contributed by atoms with Gasteiger partial charge in [0.05, 0.1) is 5.02 Å². The molecule has 7 heteroatoms. The van der Waals surface area contributed by atoms with E-state index in [2.05, 4.69) is 9.98 Å². The van der Waals surface area contributed by atoms with Crippen LogP contribution in [0.5, 0.6) is 0 Å². The number of carbonyl (C=O) groups is 1. The Hall–Kier alpha value is -2.18. The topological polar surface area (TPSA) is 68.3 Å². The lowest BCUT2D eigenvalue weighted by molar-refractivity contribution is 0.0988. The average molecular weight is 416 g/mol. The number of hydrogen-bond donors (Lipinski definition) is 1. The molecular weight excluding hydrogens is 397 g/mol. The summed E-state index contributed by atoms with van der Waals surface area (Å²) in [5, 5.41) is 0.925. The van der Waals surface area contributed by atoms with Gasteiger partial charge in [0.15, 0.2) is 11.0 Å². The first kappa shape index (κ1) is 19.2. The SMILES string of the molecule is CC1(c2cc(CC(=O)c3ccc(Cl)cn3)ccc2F)N=C(N)SC2=C1CCC2. The molecule has 0 amide bonds. The molecule has 2 aliphatic rings. The Balaban J connectivity index is 1.68. The number of aliphatic imine (C=N–C) groups is 1. The van der Waals surface area contributed by atoms with Crippen LogP contribution < -0.4 is 5.73 Å². The van der Waals surface area contributed by atoms with Crippen molar-refractivity contribution in [3.05, 3.63) is 74.7 Å². The average Bonchev–Trinajstić information content (AvgIpc) is 3.13. The molecule has 1 unspecified atom stereocenters. The van der Waals surface area contributed by atoms with Crippen molar-refractivity contribution >= 4 is 34.3 Å². The maximum absolute atomic E-state index is 14.8. The standard InChI is InChI=1S/C21H19ClFN3OS/c1-21(14-3-2-4-19(14)28-20(24)26-21)15-9-12(5-7-16(15)23)10-18(27)17-8-6-13(22)11-25-17/h5-9,11H,2-4,10H2,1H3,(H2,24,26). The third kappa shape index (κ3) is 3.47. The van der Waals surface area contributed by atoms with E-state index in [1.54, 1.807) is 24.3 Å². The van der Waals surface area contributed by atoms with Gasteiger partial charge in [-0.25, -0.2) is 9.38 Å². The molecule has 144 valence electrons. The molecule has 4 nitrogen and oxygen atoms in total. The van der Waals surface area contributed by atoms with Crippen LogP contribution in [0.25, 0.3) is 0 Å². The van der Waals surface area contributed by atoms with Crippen molar-refractivity contribution in [3.63, 3.8) is 0 Å². The smallest absolute Gasteiger partial charge is 0.185 e. The van der Waals surface area contributed by atoms with Crippen LogP contribution in [0.4, 0.5) is 4.39 Å². The molecule has 0 bridgehead atoms. The number of halogens is 2. The van der Waals surface area contributed by atoms with Crippen LogP contribution in [0.15, 0.2) is 52.0 Å². The van der Waals surface area contributed by atoms with Crippen LogP contribution in [-0.4, -0.2) is 15.9 Å². The highest BCUT2D eigenvalue weighted by atomic mass is 35.5. The number of nitrogens with zero attached hydrogens (tertiary/aromatic N) is 2. The van der Waals surface area contributed by atoms with Crippen molar-refractivity contribution < 1.29 is 9.18 Å². The Kier molecular flexibility index (Phi) is 5.02. The zero-order valence-corrected chi connectivity index (χ0v) is 16.9. The van der Waals surface area contributed by atoms with Crippen molar-refractivity contribution in [1.82, 2.24) is 4.98 Å². The van der Waals surface area contributed by atoms with Crippen LogP contribution in [0.2, 0.25) is 5.02 Å². The van der Waals surface area contributed by atoms with Crippen molar-refractivity contribution in [2.75, 3.05) is 0 Å². The largest absolute Gasteiger partial charge is 0.378 e. The number of amidine groups is 1. The highest BCUT2D eigenvalue weighted by Gasteiger charge is 2.40. The third-order valence-corrected chi connectivity index (χ3v) is 6.47. The molecular formula is C21H19ClFN3OS. The summed E-state index contributed by atoms with van der Waals surface area (Å²) in [4.78, 5) is 22.4. The molecule has 1 aliphatic heterocycles. The lowest BCUT2D eigenvalue weighted by Gasteiger charge is -2.33. The number of rotatable bonds is 4. The summed E-state index contributed by atoms with van der Waals surface area (Å²) >= 11 is 7.31. The van der Waals surface area contributed by atoms with Gasteiger partial charge >= 0.3 is 0 Å². The molecule has 0 saturated heterocycles. The first-order chi connectivity index (χ1) is 13.4. The zero-order chi connectivity index (χ0) is 19.9. The Morgan fingerprint density at radius 3 is 2.89 bits per heavy atom. The molecule has 4 rings (SSSR count). The lowest BCUT2D eigenvalue weighted by Crippen LogP contribution is -2.30. The number of hydrogen-bond acceptors (Lipinski definition) is 5. The number of nitrogens with two attached hydrogens (primary N) is 1. The molecule has 1 aromatic carbocycles. The number of ketones is 1. The van der Waals surface area contributed by atoms with Gasteiger partial charge in [-0.1, -0.05) is 29.4 Å². The molecule has 28 heavy (non-hydrogen) atoms. The van der Waals surface area contributed by atoms with Gasteiger partial charge in [0.2, 0.25) is 0 Å².